The van der Waals surface area contributed by atoms with Crippen LogP contribution in [0, 0.1) is 0 Å². The van der Waals surface area contributed by atoms with Gasteiger partial charge < -0.3 is 10.6 Å². The van der Waals surface area contributed by atoms with Crippen molar-refractivity contribution in [1.29, 1.82) is 0 Å². The van der Waals surface area contributed by atoms with Gasteiger partial charge in [-0.05, 0) is 37.1 Å². The van der Waals surface area contributed by atoms with Crippen LogP contribution in [-0.2, 0) is 6.54 Å². The van der Waals surface area contributed by atoms with Crippen LogP contribution < -0.4 is 10.6 Å². The number of hydrogen-bond acceptors (Lipinski definition) is 3. The molecule has 2 aromatic carbocycles. The lowest BCUT2D eigenvalue weighted by Crippen LogP contribution is -2.24. The number of benzene rings is 2. The zero-order chi connectivity index (χ0) is 15.9. The van der Waals surface area contributed by atoms with Gasteiger partial charge in [-0.2, -0.15) is 0 Å². The third-order valence-corrected chi connectivity index (χ3v) is 4.05. The van der Waals surface area contributed by atoms with Crippen LogP contribution in [-0.4, -0.2) is 18.1 Å². The second-order valence-electron chi connectivity index (χ2n) is 5.76. The SMILES string of the molecule is NCCCCN(Cc1ccccc1)c1cccc2cccnc12. The Hall–Kier alpha value is -2.39. The van der Waals surface area contributed by atoms with E-state index < -0.39 is 0 Å². The first-order chi connectivity index (χ1) is 11.4. The predicted molar refractivity (Wildman–Crippen MR) is 97.5 cm³/mol. The Morgan fingerprint density at radius 3 is 2.52 bits per heavy atom. The third-order valence-electron chi connectivity index (χ3n) is 4.05. The van der Waals surface area contributed by atoms with E-state index in [-0.39, 0.29) is 0 Å². The molecule has 2 N–H and O–H groups in total. The van der Waals surface area contributed by atoms with Crippen molar-refractivity contribution in [2.75, 3.05) is 18.0 Å². The Morgan fingerprint density at radius 1 is 0.870 bits per heavy atom. The molecule has 0 aliphatic rings. The highest BCUT2D eigenvalue weighted by atomic mass is 15.1. The molecule has 118 valence electrons. The van der Waals surface area contributed by atoms with Crippen molar-refractivity contribution in [3.63, 3.8) is 0 Å². The molecule has 0 bridgehead atoms. The highest BCUT2D eigenvalue weighted by Gasteiger charge is 2.11. The molecular formula is C20H23N3. The molecule has 0 aliphatic heterocycles. The number of hydrogen-bond donors (Lipinski definition) is 1. The monoisotopic (exact) mass is 305 g/mol. The maximum atomic E-state index is 5.67. The smallest absolute Gasteiger partial charge is 0.0935 e. The molecule has 1 heterocycles. The largest absolute Gasteiger partial charge is 0.365 e. The van der Waals surface area contributed by atoms with Crippen LogP contribution in [0.25, 0.3) is 10.9 Å². The summed E-state index contributed by atoms with van der Waals surface area (Å²) in [7, 11) is 0. The number of pyridine rings is 1. The van der Waals surface area contributed by atoms with Gasteiger partial charge in [0.2, 0.25) is 0 Å². The van der Waals surface area contributed by atoms with Crippen LogP contribution >= 0.6 is 0 Å². The van der Waals surface area contributed by atoms with Crippen molar-refractivity contribution in [2.24, 2.45) is 5.73 Å². The molecule has 0 atom stereocenters. The first-order valence-corrected chi connectivity index (χ1v) is 8.21. The van der Waals surface area contributed by atoms with Crippen molar-refractivity contribution < 1.29 is 0 Å². The summed E-state index contributed by atoms with van der Waals surface area (Å²) in [5.41, 5.74) is 9.25. The molecule has 23 heavy (non-hydrogen) atoms. The molecule has 0 saturated heterocycles. The number of aromatic nitrogens is 1. The number of unbranched alkanes of at least 4 members (excludes halogenated alkanes) is 1. The highest BCUT2D eigenvalue weighted by Crippen LogP contribution is 2.26. The Morgan fingerprint density at radius 2 is 1.70 bits per heavy atom. The van der Waals surface area contributed by atoms with E-state index in [0.717, 1.165) is 38.0 Å². The van der Waals surface area contributed by atoms with Crippen LogP contribution in [0.5, 0.6) is 0 Å². The molecule has 1 aromatic heterocycles. The minimum absolute atomic E-state index is 0.743. The highest BCUT2D eigenvalue weighted by molar-refractivity contribution is 5.90. The van der Waals surface area contributed by atoms with E-state index in [1.807, 2.05) is 12.3 Å². The second-order valence-corrected chi connectivity index (χ2v) is 5.76. The van der Waals surface area contributed by atoms with E-state index >= 15 is 0 Å². The van der Waals surface area contributed by atoms with E-state index in [0.29, 0.717) is 0 Å². The molecule has 0 radical (unpaired) electrons. The van der Waals surface area contributed by atoms with Crippen LogP contribution in [0.2, 0.25) is 0 Å². The Bertz CT molecular complexity index is 735. The Labute approximate surface area is 137 Å². The van der Waals surface area contributed by atoms with Gasteiger partial charge in [0.05, 0.1) is 11.2 Å². The fourth-order valence-corrected chi connectivity index (χ4v) is 2.88. The zero-order valence-electron chi connectivity index (χ0n) is 13.4. The molecule has 0 fully saturated rings. The standard InChI is InChI=1S/C20H23N3/c21-13-4-5-15-23(16-17-8-2-1-3-9-17)19-12-6-10-18-11-7-14-22-20(18)19/h1-3,6-12,14H,4-5,13,15-16,21H2. The van der Waals surface area contributed by atoms with E-state index in [1.165, 1.54) is 16.6 Å². The molecule has 0 spiro atoms. The normalized spacial score (nSPS) is 10.8. The fourth-order valence-electron chi connectivity index (χ4n) is 2.88. The molecule has 3 aromatic rings. The number of rotatable bonds is 7. The summed E-state index contributed by atoms with van der Waals surface area (Å²) >= 11 is 0. The molecule has 3 nitrogen and oxygen atoms in total. The summed E-state index contributed by atoms with van der Waals surface area (Å²) < 4.78 is 0. The van der Waals surface area contributed by atoms with Crippen molar-refractivity contribution in [3.05, 3.63) is 72.4 Å². The summed E-state index contributed by atoms with van der Waals surface area (Å²) in [5, 5.41) is 1.18. The minimum atomic E-state index is 0.743. The quantitative estimate of drug-likeness (QED) is 0.671. The molecule has 3 rings (SSSR count). The first-order valence-electron chi connectivity index (χ1n) is 8.21. The van der Waals surface area contributed by atoms with Gasteiger partial charge in [-0.15, -0.1) is 0 Å². The molecule has 0 unspecified atom stereocenters. The van der Waals surface area contributed by atoms with E-state index in [4.69, 9.17) is 5.73 Å². The summed E-state index contributed by atoms with van der Waals surface area (Å²) in [6, 6.07) is 21.1. The summed E-state index contributed by atoms with van der Waals surface area (Å²) in [4.78, 5) is 7.02. The van der Waals surface area contributed by atoms with Crippen molar-refractivity contribution in [2.45, 2.75) is 19.4 Å². The van der Waals surface area contributed by atoms with Crippen LogP contribution in [0.4, 0.5) is 5.69 Å². The predicted octanol–water partition coefficient (Wildman–Crippen LogP) is 3.98. The van der Waals surface area contributed by atoms with Gasteiger partial charge in [0.1, 0.15) is 0 Å². The summed E-state index contributed by atoms with van der Waals surface area (Å²) in [5.74, 6) is 0. The van der Waals surface area contributed by atoms with Gasteiger partial charge in [-0.25, -0.2) is 0 Å². The van der Waals surface area contributed by atoms with Crippen LogP contribution in [0.3, 0.4) is 0 Å². The maximum absolute atomic E-state index is 5.67. The Balaban J connectivity index is 1.92. The zero-order valence-corrected chi connectivity index (χ0v) is 13.4. The maximum Gasteiger partial charge on any atom is 0.0935 e. The number of nitrogens with two attached hydrogens (primary N) is 1. The van der Waals surface area contributed by atoms with Gasteiger partial charge in [-0.1, -0.05) is 48.5 Å². The van der Waals surface area contributed by atoms with E-state index in [9.17, 15) is 0 Å². The number of fused-ring (bicyclic) bond motifs is 1. The third kappa shape index (κ3) is 3.88. The topological polar surface area (TPSA) is 42.1 Å². The lowest BCUT2D eigenvalue weighted by atomic mass is 10.1. The summed E-state index contributed by atoms with van der Waals surface area (Å²) in [6.45, 7) is 2.62. The fraction of sp³-hybridized carbons (Fsp3) is 0.250. The van der Waals surface area contributed by atoms with Crippen LogP contribution in [0.15, 0.2) is 66.9 Å². The first kappa shape index (κ1) is 15.5. The van der Waals surface area contributed by atoms with Crippen molar-refractivity contribution in [3.8, 4) is 0 Å². The lowest BCUT2D eigenvalue weighted by molar-refractivity contribution is 0.692. The molecule has 3 heteroatoms. The molecular weight excluding hydrogens is 282 g/mol. The van der Waals surface area contributed by atoms with Gasteiger partial charge in [-0.3, -0.25) is 4.98 Å². The molecule has 0 saturated carbocycles. The van der Waals surface area contributed by atoms with Gasteiger partial charge in [0.15, 0.2) is 0 Å². The molecule has 0 aliphatic carbocycles. The lowest BCUT2D eigenvalue weighted by Gasteiger charge is -2.26. The Kier molecular flexibility index (Phi) is 5.22. The average molecular weight is 305 g/mol. The summed E-state index contributed by atoms with van der Waals surface area (Å²) in [6.07, 6.45) is 4.00. The molecule has 0 amide bonds. The van der Waals surface area contributed by atoms with Gasteiger partial charge in [0.25, 0.3) is 0 Å². The number of para-hydroxylation sites is 1. The number of anilines is 1. The van der Waals surface area contributed by atoms with E-state index in [2.05, 4.69) is 64.5 Å². The minimum Gasteiger partial charge on any atom is -0.365 e. The number of nitrogens with zero attached hydrogens (tertiary/aromatic N) is 2. The van der Waals surface area contributed by atoms with Crippen molar-refractivity contribution in [1.82, 2.24) is 4.98 Å². The van der Waals surface area contributed by atoms with Crippen molar-refractivity contribution >= 4 is 16.6 Å². The average Bonchev–Trinajstić information content (AvgIpc) is 2.61. The van der Waals surface area contributed by atoms with Crippen LogP contribution in [0.1, 0.15) is 18.4 Å². The van der Waals surface area contributed by atoms with Gasteiger partial charge in [0, 0.05) is 24.7 Å². The van der Waals surface area contributed by atoms with Gasteiger partial charge >= 0.3 is 0 Å². The second kappa shape index (κ2) is 7.75. The van der Waals surface area contributed by atoms with E-state index in [1.54, 1.807) is 0 Å².